The van der Waals surface area contributed by atoms with Crippen LogP contribution in [0.15, 0.2) is 40.9 Å². The van der Waals surface area contributed by atoms with E-state index in [4.69, 9.17) is 14.2 Å². The summed E-state index contributed by atoms with van der Waals surface area (Å²) in [6, 6.07) is 12.1. The average Bonchev–Trinajstić information content (AvgIpc) is 2.53. The molecule has 0 N–H and O–H groups in total. The second-order valence-electron chi connectivity index (χ2n) is 4.72. The van der Waals surface area contributed by atoms with Gasteiger partial charge in [0, 0.05) is 22.0 Å². The third-order valence-electron chi connectivity index (χ3n) is 3.57. The number of rotatable bonds is 5. The lowest BCUT2D eigenvalue weighted by Gasteiger charge is -2.19. The Kier molecular flexibility index (Phi) is 5.12. The summed E-state index contributed by atoms with van der Waals surface area (Å²) in [7, 11) is 4.92. The largest absolute Gasteiger partial charge is 0.496 e. The molecular formula is C17H19BrO3. The number of ether oxygens (including phenoxy) is 3. The highest BCUT2D eigenvalue weighted by molar-refractivity contribution is 9.10. The van der Waals surface area contributed by atoms with Crippen molar-refractivity contribution in [3.63, 3.8) is 0 Å². The van der Waals surface area contributed by atoms with Crippen molar-refractivity contribution in [3.8, 4) is 17.2 Å². The topological polar surface area (TPSA) is 27.7 Å². The van der Waals surface area contributed by atoms with E-state index < -0.39 is 0 Å². The number of benzene rings is 2. The minimum absolute atomic E-state index is 0.188. The summed E-state index contributed by atoms with van der Waals surface area (Å²) in [5, 5.41) is 0. The van der Waals surface area contributed by atoms with Crippen molar-refractivity contribution in [2.24, 2.45) is 0 Å². The second-order valence-corrected chi connectivity index (χ2v) is 5.64. The van der Waals surface area contributed by atoms with E-state index in [1.807, 2.05) is 24.3 Å². The molecule has 112 valence electrons. The number of hydrogen-bond acceptors (Lipinski definition) is 3. The normalized spacial score (nSPS) is 11.9. The Morgan fingerprint density at radius 1 is 0.810 bits per heavy atom. The van der Waals surface area contributed by atoms with E-state index in [2.05, 4.69) is 35.0 Å². The highest BCUT2D eigenvalue weighted by atomic mass is 79.9. The van der Waals surface area contributed by atoms with Gasteiger partial charge in [-0.1, -0.05) is 35.0 Å². The summed E-state index contributed by atoms with van der Waals surface area (Å²) in [5.41, 5.74) is 2.28. The fourth-order valence-corrected chi connectivity index (χ4v) is 2.59. The predicted molar refractivity (Wildman–Crippen MR) is 87.8 cm³/mol. The van der Waals surface area contributed by atoms with Gasteiger partial charge in [0.1, 0.15) is 5.75 Å². The van der Waals surface area contributed by atoms with Gasteiger partial charge in [0.05, 0.1) is 21.3 Å². The van der Waals surface area contributed by atoms with E-state index >= 15 is 0 Å². The molecule has 3 nitrogen and oxygen atoms in total. The standard InChI is InChI=1S/C17H19BrO3/c1-11(12-5-7-13(18)8-6-12)14-9-16(20-3)17(21-4)10-15(14)19-2/h5-11H,1-4H3. The number of halogens is 1. The van der Waals surface area contributed by atoms with Crippen LogP contribution in [0.1, 0.15) is 24.0 Å². The van der Waals surface area contributed by atoms with Gasteiger partial charge in [-0.25, -0.2) is 0 Å². The summed E-state index contributed by atoms with van der Waals surface area (Å²) in [5.74, 6) is 2.36. The van der Waals surface area contributed by atoms with E-state index in [0.29, 0.717) is 11.5 Å². The molecule has 4 heteroatoms. The molecule has 21 heavy (non-hydrogen) atoms. The maximum Gasteiger partial charge on any atom is 0.164 e. The van der Waals surface area contributed by atoms with Crippen LogP contribution in [0, 0.1) is 0 Å². The molecule has 2 rings (SSSR count). The van der Waals surface area contributed by atoms with Gasteiger partial charge in [-0.05, 0) is 23.8 Å². The Morgan fingerprint density at radius 2 is 1.33 bits per heavy atom. The second kappa shape index (κ2) is 6.85. The lowest BCUT2D eigenvalue weighted by molar-refractivity contribution is 0.347. The summed E-state index contributed by atoms with van der Waals surface area (Å²) < 4.78 is 17.3. The molecule has 0 aliphatic rings. The number of methoxy groups -OCH3 is 3. The van der Waals surface area contributed by atoms with E-state index in [-0.39, 0.29) is 5.92 Å². The Morgan fingerprint density at radius 3 is 1.86 bits per heavy atom. The minimum Gasteiger partial charge on any atom is -0.496 e. The van der Waals surface area contributed by atoms with Crippen LogP contribution in [0.3, 0.4) is 0 Å². The first-order valence-electron chi connectivity index (χ1n) is 6.66. The first-order chi connectivity index (χ1) is 10.1. The van der Waals surface area contributed by atoms with Crippen molar-refractivity contribution in [3.05, 3.63) is 52.0 Å². The Balaban J connectivity index is 2.48. The Hall–Kier alpha value is -1.68. The highest BCUT2D eigenvalue weighted by Crippen LogP contribution is 2.40. The molecule has 0 spiro atoms. The monoisotopic (exact) mass is 350 g/mol. The molecular weight excluding hydrogens is 332 g/mol. The minimum atomic E-state index is 0.188. The van der Waals surface area contributed by atoms with Crippen molar-refractivity contribution in [2.45, 2.75) is 12.8 Å². The van der Waals surface area contributed by atoms with Crippen LogP contribution in [0.5, 0.6) is 17.2 Å². The highest BCUT2D eigenvalue weighted by Gasteiger charge is 2.18. The van der Waals surface area contributed by atoms with E-state index in [0.717, 1.165) is 15.8 Å². The summed E-state index contributed by atoms with van der Waals surface area (Å²) >= 11 is 3.46. The van der Waals surface area contributed by atoms with Gasteiger partial charge in [-0.2, -0.15) is 0 Å². The van der Waals surface area contributed by atoms with E-state index in [9.17, 15) is 0 Å². The lowest BCUT2D eigenvalue weighted by Crippen LogP contribution is -2.02. The molecule has 2 aromatic carbocycles. The summed E-state index contributed by atoms with van der Waals surface area (Å²) in [4.78, 5) is 0. The molecule has 0 saturated carbocycles. The lowest BCUT2D eigenvalue weighted by atomic mass is 9.92. The van der Waals surface area contributed by atoms with Gasteiger partial charge in [0.25, 0.3) is 0 Å². The van der Waals surface area contributed by atoms with Crippen molar-refractivity contribution in [1.82, 2.24) is 0 Å². The molecule has 1 unspecified atom stereocenters. The first kappa shape index (κ1) is 15.7. The van der Waals surface area contributed by atoms with Crippen LogP contribution >= 0.6 is 15.9 Å². The van der Waals surface area contributed by atoms with E-state index in [1.165, 1.54) is 5.56 Å². The number of hydrogen-bond donors (Lipinski definition) is 0. The Bertz CT molecular complexity index is 608. The summed E-state index contributed by atoms with van der Waals surface area (Å²) in [6.07, 6.45) is 0. The van der Waals surface area contributed by atoms with Crippen LogP contribution in [0.4, 0.5) is 0 Å². The predicted octanol–water partition coefficient (Wildman–Crippen LogP) is 4.63. The fourth-order valence-electron chi connectivity index (χ4n) is 2.32. The van der Waals surface area contributed by atoms with Crippen molar-refractivity contribution in [2.75, 3.05) is 21.3 Å². The first-order valence-corrected chi connectivity index (χ1v) is 7.45. The van der Waals surface area contributed by atoms with Gasteiger partial charge < -0.3 is 14.2 Å². The Labute approximate surface area is 134 Å². The molecule has 0 saturated heterocycles. The van der Waals surface area contributed by atoms with Crippen LogP contribution < -0.4 is 14.2 Å². The van der Waals surface area contributed by atoms with Gasteiger partial charge in [-0.3, -0.25) is 0 Å². The fraction of sp³-hybridized carbons (Fsp3) is 0.294. The molecule has 0 amide bonds. The van der Waals surface area contributed by atoms with Gasteiger partial charge in [0.15, 0.2) is 11.5 Å². The van der Waals surface area contributed by atoms with Crippen molar-refractivity contribution < 1.29 is 14.2 Å². The van der Waals surface area contributed by atoms with Crippen LogP contribution in [0.2, 0.25) is 0 Å². The maximum atomic E-state index is 5.51. The molecule has 0 heterocycles. The third-order valence-corrected chi connectivity index (χ3v) is 4.10. The molecule has 0 aromatic heterocycles. The van der Waals surface area contributed by atoms with Gasteiger partial charge >= 0.3 is 0 Å². The van der Waals surface area contributed by atoms with Crippen LogP contribution in [-0.2, 0) is 0 Å². The molecule has 0 aliphatic carbocycles. The molecule has 0 fully saturated rings. The molecule has 0 bridgehead atoms. The maximum absolute atomic E-state index is 5.51. The third kappa shape index (κ3) is 3.32. The zero-order chi connectivity index (χ0) is 15.4. The summed E-state index contributed by atoms with van der Waals surface area (Å²) in [6.45, 7) is 2.15. The van der Waals surface area contributed by atoms with Gasteiger partial charge in [-0.15, -0.1) is 0 Å². The van der Waals surface area contributed by atoms with Gasteiger partial charge in [0.2, 0.25) is 0 Å². The van der Waals surface area contributed by atoms with E-state index in [1.54, 1.807) is 21.3 Å². The zero-order valence-corrected chi connectivity index (χ0v) is 14.2. The van der Waals surface area contributed by atoms with Crippen LogP contribution in [0.25, 0.3) is 0 Å². The smallest absolute Gasteiger partial charge is 0.164 e. The molecule has 2 aromatic rings. The average molecular weight is 351 g/mol. The zero-order valence-electron chi connectivity index (χ0n) is 12.6. The SMILES string of the molecule is COc1cc(OC)c(C(C)c2ccc(Br)cc2)cc1OC. The molecule has 0 radical (unpaired) electrons. The van der Waals surface area contributed by atoms with Crippen LogP contribution in [-0.4, -0.2) is 21.3 Å². The van der Waals surface area contributed by atoms with Crippen molar-refractivity contribution in [1.29, 1.82) is 0 Å². The molecule has 1 atom stereocenters. The quantitative estimate of drug-likeness (QED) is 0.786. The molecule has 0 aliphatic heterocycles. The van der Waals surface area contributed by atoms with Crippen molar-refractivity contribution >= 4 is 15.9 Å².